The molecule has 2 aliphatic rings. The number of thioether (sulfide) groups is 1. The van der Waals surface area contributed by atoms with Crippen LogP contribution in [0.25, 0.3) is 11.8 Å². The predicted molar refractivity (Wildman–Crippen MR) is 120 cm³/mol. The number of rotatable bonds is 4. The van der Waals surface area contributed by atoms with Gasteiger partial charge in [-0.15, -0.1) is 0 Å². The molecule has 0 bridgehead atoms. The van der Waals surface area contributed by atoms with Gasteiger partial charge in [-0.05, 0) is 54.1 Å². The highest BCUT2D eigenvalue weighted by Gasteiger charge is 2.35. The van der Waals surface area contributed by atoms with Crippen molar-refractivity contribution >= 4 is 63.0 Å². The largest absolute Gasteiger partial charge is 0.317 e. The van der Waals surface area contributed by atoms with E-state index >= 15 is 0 Å². The molecule has 29 heavy (non-hydrogen) atoms. The highest BCUT2D eigenvalue weighted by molar-refractivity contribution is 8.26. The van der Waals surface area contributed by atoms with Crippen LogP contribution in [0.2, 0.25) is 10.0 Å². The van der Waals surface area contributed by atoms with Crippen LogP contribution < -0.4 is 0 Å². The van der Waals surface area contributed by atoms with Gasteiger partial charge in [-0.1, -0.05) is 37.0 Å². The lowest BCUT2D eigenvalue weighted by atomic mass is 10.1. The van der Waals surface area contributed by atoms with Crippen LogP contribution in [-0.2, 0) is 4.79 Å². The number of hydrogen-bond acceptors (Lipinski definition) is 4. The Morgan fingerprint density at radius 2 is 1.97 bits per heavy atom. The lowest BCUT2D eigenvalue weighted by molar-refractivity contribution is -0.114. The summed E-state index contributed by atoms with van der Waals surface area (Å²) in [6.45, 7) is 4.19. The maximum atomic E-state index is 12.6. The molecule has 1 amide bonds. The van der Waals surface area contributed by atoms with E-state index in [1.807, 2.05) is 22.9 Å². The van der Waals surface area contributed by atoms with Crippen LogP contribution in [-0.4, -0.2) is 31.5 Å². The topological polar surface area (TPSA) is 73.8 Å². The number of aliphatic imine (C=N–C) groups is 1. The average molecular weight is 446 g/mol. The van der Waals surface area contributed by atoms with Gasteiger partial charge in [0.25, 0.3) is 5.91 Å². The molecule has 0 aliphatic carbocycles. The van der Waals surface area contributed by atoms with E-state index in [4.69, 9.17) is 28.6 Å². The molecule has 2 aliphatic heterocycles. The van der Waals surface area contributed by atoms with E-state index in [9.17, 15) is 4.79 Å². The Bertz CT molecular complexity index is 1100. The quantitative estimate of drug-likeness (QED) is 0.635. The van der Waals surface area contributed by atoms with E-state index in [-0.39, 0.29) is 11.4 Å². The molecule has 0 spiro atoms. The van der Waals surface area contributed by atoms with Crippen molar-refractivity contribution in [3.8, 4) is 5.69 Å². The number of hydrogen-bond donors (Lipinski definition) is 1. The summed E-state index contributed by atoms with van der Waals surface area (Å²) in [6, 6.07) is 8.90. The van der Waals surface area contributed by atoms with Gasteiger partial charge < -0.3 is 4.57 Å². The molecule has 4 rings (SSSR count). The lowest BCUT2D eigenvalue weighted by Gasteiger charge is -2.20. The van der Waals surface area contributed by atoms with E-state index in [0.717, 1.165) is 17.2 Å². The lowest BCUT2D eigenvalue weighted by Crippen LogP contribution is -2.35. The van der Waals surface area contributed by atoms with Crippen molar-refractivity contribution in [2.45, 2.75) is 20.3 Å². The standard InChI is InChI=1S/C20H17Cl2N5OS/c1-11(2)6-17-25-27-18(23)16(19(28)24-20(27)29-17)10-14-4-3-5-26(14)15-8-12(21)7-13(22)9-15/h3-5,7-11,23H,6H2,1-2H3/b16-10+,23-18?. The fourth-order valence-corrected chi connectivity index (χ4v) is 4.65. The van der Waals surface area contributed by atoms with Crippen molar-refractivity contribution in [3.05, 3.63) is 57.8 Å². The number of amides is 1. The molecule has 2 aromatic rings. The molecule has 0 fully saturated rings. The second-order valence-electron chi connectivity index (χ2n) is 7.04. The number of amidine groups is 2. The Balaban J connectivity index is 1.70. The monoisotopic (exact) mass is 445 g/mol. The van der Waals surface area contributed by atoms with Gasteiger partial charge in [-0.2, -0.15) is 15.1 Å². The van der Waals surface area contributed by atoms with Gasteiger partial charge in [0.05, 0.1) is 5.57 Å². The molecular weight excluding hydrogens is 429 g/mol. The van der Waals surface area contributed by atoms with Gasteiger partial charge in [-0.3, -0.25) is 10.2 Å². The Hall–Kier alpha value is -2.35. The van der Waals surface area contributed by atoms with E-state index in [1.54, 1.807) is 24.3 Å². The maximum absolute atomic E-state index is 12.6. The number of nitrogens with zero attached hydrogens (tertiary/aromatic N) is 4. The minimum Gasteiger partial charge on any atom is -0.317 e. The third-order valence-corrected chi connectivity index (χ3v) is 5.64. The fraction of sp³-hybridized carbons (Fsp3) is 0.200. The Morgan fingerprint density at radius 3 is 2.66 bits per heavy atom. The van der Waals surface area contributed by atoms with Crippen molar-refractivity contribution in [3.63, 3.8) is 0 Å². The smallest absolute Gasteiger partial charge is 0.283 e. The Kier molecular flexibility index (Phi) is 5.38. The van der Waals surface area contributed by atoms with Crippen molar-refractivity contribution < 1.29 is 4.79 Å². The summed E-state index contributed by atoms with van der Waals surface area (Å²) < 4.78 is 1.84. The summed E-state index contributed by atoms with van der Waals surface area (Å²) in [5.74, 6) is -0.00865. The average Bonchev–Trinajstić information content (AvgIpc) is 3.24. The first-order chi connectivity index (χ1) is 13.8. The predicted octanol–water partition coefficient (Wildman–Crippen LogP) is 5.45. The van der Waals surface area contributed by atoms with Gasteiger partial charge in [-0.25, -0.2) is 0 Å². The van der Waals surface area contributed by atoms with Gasteiger partial charge >= 0.3 is 0 Å². The van der Waals surface area contributed by atoms with Crippen LogP contribution in [0, 0.1) is 11.3 Å². The summed E-state index contributed by atoms with van der Waals surface area (Å²) in [7, 11) is 0. The van der Waals surface area contributed by atoms with Gasteiger partial charge in [0.2, 0.25) is 5.17 Å². The minimum absolute atomic E-state index is 0.0168. The van der Waals surface area contributed by atoms with Crippen molar-refractivity contribution in [2.24, 2.45) is 16.0 Å². The number of aromatic nitrogens is 1. The first-order valence-electron chi connectivity index (χ1n) is 8.95. The van der Waals surface area contributed by atoms with Crippen LogP contribution in [0.1, 0.15) is 26.0 Å². The molecule has 1 aromatic heterocycles. The maximum Gasteiger partial charge on any atom is 0.283 e. The highest BCUT2D eigenvalue weighted by Crippen LogP contribution is 2.31. The number of carbonyl (C=O) groups excluding carboxylic acids is 1. The molecule has 3 heterocycles. The molecule has 0 radical (unpaired) electrons. The fourth-order valence-electron chi connectivity index (χ4n) is 3.04. The van der Waals surface area contributed by atoms with Crippen LogP contribution in [0.15, 0.2) is 52.2 Å². The molecule has 0 saturated heterocycles. The van der Waals surface area contributed by atoms with Gasteiger partial charge in [0.1, 0.15) is 5.04 Å². The van der Waals surface area contributed by atoms with E-state index in [2.05, 4.69) is 23.9 Å². The third kappa shape index (κ3) is 4.03. The number of benzene rings is 1. The third-order valence-electron chi connectivity index (χ3n) is 4.28. The SMILES string of the molecule is CC(C)CC1=NN2C(=N)/C(=C\c3cccn3-c3cc(Cl)cc(Cl)c3)C(=O)N=C2S1. The van der Waals surface area contributed by atoms with Crippen molar-refractivity contribution in [1.29, 1.82) is 5.41 Å². The van der Waals surface area contributed by atoms with Crippen LogP contribution in [0.4, 0.5) is 0 Å². The van der Waals surface area contributed by atoms with Gasteiger partial charge in [0, 0.05) is 34.0 Å². The van der Waals surface area contributed by atoms with Crippen LogP contribution in [0.3, 0.4) is 0 Å². The zero-order chi connectivity index (χ0) is 20.7. The molecule has 0 unspecified atom stereocenters. The van der Waals surface area contributed by atoms with Crippen molar-refractivity contribution in [2.75, 3.05) is 0 Å². The number of nitrogens with one attached hydrogen (secondary N) is 1. The molecular formula is C20H17Cl2N5OS. The molecule has 0 saturated carbocycles. The number of carbonyl (C=O) groups is 1. The molecule has 9 heteroatoms. The van der Waals surface area contributed by atoms with E-state index in [1.165, 1.54) is 16.8 Å². The van der Waals surface area contributed by atoms with Crippen LogP contribution >= 0.6 is 35.0 Å². The van der Waals surface area contributed by atoms with Crippen molar-refractivity contribution in [1.82, 2.24) is 9.58 Å². The van der Waals surface area contributed by atoms with Gasteiger partial charge in [0.15, 0.2) is 5.84 Å². The first kappa shape index (κ1) is 19.9. The zero-order valence-corrected chi connectivity index (χ0v) is 18.0. The first-order valence-corrected chi connectivity index (χ1v) is 10.5. The van der Waals surface area contributed by atoms with E-state index < -0.39 is 5.91 Å². The summed E-state index contributed by atoms with van der Waals surface area (Å²) >= 11 is 13.6. The summed E-state index contributed by atoms with van der Waals surface area (Å²) in [5, 5.41) is 16.7. The molecule has 1 N–H and O–H groups in total. The van der Waals surface area contributed by atoms with Crippen LogP contribution in [0.5, 0.6) is 0 Å². The number of fused-ring (bicyclic) bond motifs is 1. The summed E-state index contributed by atoms with van der Waals surface area (Å²) in [4.78, 5) is 16.8. The summed E-state index contributed by atoms with van der Waals surface area (Å²) in [5.41, 5.74) is 1.64. The molecule has 0 atom stereocenters. The minimum atomic E-state index is -0.452. The number of halogens is 2. The second-order valence-corrected chi connectivity index (χ2v) is 8.96. The second kappa shape index (κ2) is 7.82. The van der Waals surface area contributed by atoms with E-state index in [0.29, 0.717) is 26.8 Å². The molecule has 6 nitrogen and oxygen atoms in total. The summed E-state index contributed by atoms with van der Waals surface area (Å²) in [6.07, 6.45) is 4.25. The zero-order valence-electron chi connectivity index (χ0n) is 15.7. The molecule has 148 valence electrons. The number of hydrazone groups is 1. The highest BCUT2D eigenvalue weighted by atomic mass is 35.5. The molecule has 1 aromatic carbocycles. The Morgan fingerprint density at radius 1 is 1.24 bits per heavy atom. The Labute approximate surface area is 182 Å². The normalized spacial score (nSPS) is 17.8.